The lowest BCUT2D eigenvalue weighted by Crippen LogP contribution is -2.19. The standard InChI is InChI=1S/C20H22BrFN4O/c1-11-8-15(21)20(24-13(11)3)25-18-12(2)9-16(22)19-14(18)10-23-26(19)17-6-4-5-7-27-17/h8-10,17H,4-7H2,1-3H3,(H,24,25). The van der Waals surface area contributed by atoms with Gasteiger partial charge in [0, 0.05) is 17.7 Å². The van der Waals surface area contributed by atoms with E-state index in [2.05, 4.69) is 31.3 Å². The van der Waals surface area contributed by atoms with Crippen LogP contribution in [0, 0.1) is 26.6 Å². The molecule has 27 heavy (non-hydrogen) atoms. The van der Waals surface area contributed by atoms with Gasteiger partial charge >= 0.3 is 0 Å². The lowest BCUT2D eigenvalue weighted by atomic mass is 10.1. The number of nitrogens with zero attached hydrogens (tertiary/aromatic N) is 3. The van der Waals surface area contributed by atoms with Crippen molar-refractivity contribution in [3.8, 4) is 0 Å². The smallest absolute Gasteiger partial charge is 0.150 e. The molecule has 1 fully saturated rings. The van der Waals surface area contributed by atoms with E-state index in [1.165, 1.54) is 0 Å². The second kappa shape index (κ2) is 7.20. The molecule has 0 aliphatic carbocycles. The van der Waals surface area contributed by atoms with Gasteiger partial charge in [-0.1, -0.05) is 0 Å². The topological polar surface area (TPSA) is 52.0 Å². The lowest BCUT2D eigenvalue weighted by molar-refractivity contribution is -0.0369. The molecule has 1 aromatic carbocycles. The van der Waals surface area contributed by atoms with Crippen molar-refractivity contribution in [3.05, 3.63) is 45.4 Å². The molecule has 0 bridgehead atoms. The minimum absolute atomic E-state index is 0.215. The van der Waals surface area contributed by atoms with Crippen molar-refractivity contribution in [3.63, 3.8) is 0 Å². The zero-order valence-electron chi connectivity index (χ0n) is 15.6. The number of halogens is 2. The first kappa shape index (κ1) is 18.4. The number of hydrogen-bond donors (Lipinski definition) is 1. The van der Waals surface area contributed by atoms with Gasteiger partial charge in [-0.15, -0.1) is 0 Å². The van der Waals surface area contributed by atoms with Crippen LogP contribution < -0.4 is 5.32 Å². The third-order valence-corrected chi connectivity index (χ3v) is 5.72. The summed E-state index contributed by atoms with van der Waals surface area (Å²) in [4.78, 5) is 4.63. The monoisotopic (exact) mass is 432 g/mol. The fourth-order valence-corrected chi connectivity index (χ4v) is 4.04. The quantitative estimate of drug-likeness (QED) is 0.576. The Hall–Kier alpha value is -1.99. The van der Waals surface area contributed by atoms with Crippen LogP contribution in [0.25, 0.3) is 10.9 Å². The third kappa shape index (κ3) is 3.34. The summed E-state index contributed by atoms with van der Waals surface area (Å²) in [7, 11) is 0. The number of benzene rings is 1. The van der Waals surface area contributed by atoms with Crippen LogP contribution in [0.5, 0.6) is 0 Å². The van der Waals surface area contributed by atoms with E-state index in [1.807, 2.05) is 26.8 Å². The first-order chi connectivity index (χ1) is 13.0. The number of fused-ring (bicyclic) bond motifs is 1. The molecule has 0 saturated carbocycles. The molecule has 0 amide bonds. The van der Waals surface area contributed by atoms with Crippen molar-refractivity contribution >= 4 is 38.3 Å². The molecule has 1 N–H and O–H groups in total. The molecule has 2 aromatic heterocycles. The second-order valence-electron chi connectivity index (χ2n) is 7.07. The Bertz CT molecular complexity index is 1010. The highest BCUT2D eigenvalue weighted by Crippen LogP contribution is 2.36. The highest BCUT2D eigenvalue weighted by Gasteiger charge is 2.23. The lowest BCUT2D eigenvalue weighted by Gasteiger charge is -2.23. The summed E-state index contributed by atoms with van der Waals surface area (Å²) in [5.41, 5.74) is 4.13. The molecule has 1 aliphatic heterocycles. The van der Waals surface area contributed by atoms with E-state index in [1.54, 1.807) is 16.9 Å². The average Bonchev–Trinajstić information content (AvgIpc) is 3.09. The first-order valence-corrected chi connectivity index (χ1v) is 9.93. The maximum atomic E-state index is 14.8. The van der Waals surface area contributed by atoms with Crippen molar-refractivity contribution in [2.24, 2.45) is 0 Å². The Morgan fingerprint density at radius 2 is 2.04 bits per heavy atom. The zero-order chi connectivity index (χ0) is 19.1. The van der Waals surface area contributed by atoms with Crippen LogP contribution in [0.3, 0.4) is 0 Å². The van der Waals surface area contributed by atoms with E-state index in [-0.39, 0.29) is 12.0 Å². The maximum absolute atomic E-state index is 14.8. The molecule has 5 nitrogen and oxygen atoms in total. The molecule has 4 rings (SSSR count). The van der Waals surface area contributed by atoms with Gasteiger partial charge in [0.2, 0.25) is 0 Å². The Morgan fingerprint density at radius 3 is 2.78 bits per heavy atom. The van der Waals surface area contributed by atoms with Crippen molar-refractivity contribution < 1.29 is 9.13 Å². The minimum atomic E-state index is -0.285. The summed E-state index contributed by atoms with van der Waals surface area (Å²) < 4.78 is 23.2. The van der Waals surface area contributed by atoms with Crippen LogP contribution in [0.1, 0.15) is 42.3 Å². The van der Waals surface area contributed by atoms with Gasteiger partial charge in [-0.3, -0.25) is 0 Å². The number of anilines is 2. The molecule has 3 heterocycles. The fraction of sp³-hybridized carbons (Fsp3) is 0.400. The predicted octanol–water partition coefficient (Wildman–Crippen LogP) is 5.70. The van der Waals surface area contributed by atoms with Gasteiger partial charge in [-0.2, -0.15) is 5.10 Å². The Balaban J connectivity index is 1.81. The number of aryl methyl sites for hydroxylation is 3. The minimum Gasteiger partial charge on any atom is -0.356 e. The van der Waals surface area contributed by atoms with E-state index < -0.39 is 0 Å². The second-order valence-corrected chi connectivity index (χ2v) is 7.92. The predicted molar refractivity (Wildman–Crippen MR) is 108 cm³/mol. The number of pyridine rings is 1. The van der Waals surface area contributed by atoms with Crippen LogP contribution in [-0.2, 0) is 4.74 Å². The van der Waals surface area contributed by atoms with Gasteiger partial charge in [0.25, 0.3) is 0 Å². The molecule has 1 saturated heterocycles. The van der Waals surface area contributed by atoms with Crippen LogP contribution in [0.4, 0.5) is 15.9 Å². The maximum Gasteiger partial charge on any atom is 0.150 e. The molecule has 7 heteroatoms. The average molecular weight is 433 g/mol. The largest absolute Gasteiger partial charge is 0.356 e. The molecule has 142 valence electrons. The highest BCUT2D eigenvalue weighted by molar-refractivity contribution is 9.10. The number of aromatic nitrogens is 3. The first-order valence-electron chi connectivity index (χ1n) is 9.14. The Morgan fingerprint density at radius 1 is 1.22 bits per heavy atom. The molecule has 0 spiro atoms. The SMILES string of the molecule is Cc1cc(Br)c(Nc2c(C)cc(F)c3c2cnn3C2CCCCO2)nc1C. The summed E-state index contributed by atoms with van der Waals surface area (Å²) in [6.07, 6.45) is 4.44. The van der Waals surface area contributed by atoms with Gasteiger partial charge in [0.05, 0.1) is 16.4 Å². The third-order valence-electron chi connectivity index (χ3n) is 5.12. The highest BCUT2D eigenvalue weighted by atomic mass is 79.9. The number of ether oxygens (including phenoxy) is 1. The van der Waals surface area contributed by atoms with Crippen molar-refractivity contribution in [1.82, 2.24) is 14.8 Å². The van der Waals surface area contributed by atoms with Crippen molar-refractivity contribution in [1.29, 1.82) is 0 Å². The molecule has 1 aliphatic rings. The number of hydrogen-bond acceptors (Lipinski definition) is 4. The van der Waals surface area contributed by atoms with Gasteiger partial charge in [-0.25, -0.2) is 14.1 Å². The van der Waals surface area contributed by atoms with E-state index in [4.69, 9.17) is 4.74 Å². The molecular weight excluding hydrogens is 411 g/mol. The number of rotatable bonds is 3. The summed E-state index contributed by atoms with van der Waals surface area (Å²) in [6.45, 7) is 6.56. The number of nitrogens with one attached hydrogen (secondary N) is 1. The molecule has 1 atom stereocenters. The molecular formula is C20H22BrFN4O. The van der Waals surface area contributed by atoms with Crippen LogP contribution in [-0.4, -0.2) is 21.4 Å². The van der Waals surface area contributed by atoms with Crippen LogP contribution >= 0.6 is 15.9 Å². The molecule has 0 radical (unpaired) electrons. The van der Waals surface area contributed by atoms with Crippen molar-refractivity contribution in [2.75, 3.05) is 11.9 Å². The molecule has 1 unspecified atom stereocenters. The Kier molecular flexibility index (Phi) is 4.90. The summed E-state index contributed by atoms with van der Waals surface area (Å²) in [5, 5.41) is 8.56. The van der Waals surface area contributed by atoms with Crippen molar-refractivity contribution in [2.45, 2.75) is 46.3 Å². The van der Waals surface area contributed by atoms with E-state index in [9.17, 15) is 4.39 Å². The van der Waals surface area contributed by atoms with E-state index in [0.29, 0.717) is 17.9 Å². The van der Waals surface area contributed by atoms with E-state index >= 15 is 0 Å². The summed E-state index contributed by atoms with van der Waals surface area (Å²) in [5.74, 6) is 0.419. The molecule has 3 aromatic rings. The van der Waals surface area contributed by atoms with E-state index in [0.717, 1.165) is 51.6 Å². The fourth-order valence-electron chi connectivity index (χ4n) is 3.51. The summed E-state index contributed by atoms with van der Waals surface area (Å²) >= 11 is 3.57. The Labute approximate surface area is 166 Å². The van der Waals surface area contributed by atoms with Gasteiger partial charge in [0.15, 0.2) is 6.23 Å². The van der Waals surface area contributed by atoms with Gasteiger partial charge in [0.1, 0.15) is 17.2 Å². The van der Waals surface area contributed by atoms with Crippen LogP contribution in [0.15, 0.2) is 22.8 Å². The van der Waals surface area contributed by atoms with Gasteiger partial charge < -0.3 is 10.1 Å². The van der Waals surface area contributed by atoms with Gasteiger partial charge in [-0.05, 0) is 79.2 Å². The van der Waals surface area contributed by atoms with Crippen LogP contribution in [0.2, 0.25) is 0 Å². The zero-order valence-corrected chi connectivity index (χ0v) is 17.2. The normalized spacial score (nSPS) is 17.4. The summed E-state index contributed by atoms with van der Waals surface area (Å²) in [6, 6.07) is 3.57.